The van der Waals surface area contributed by atoms with Crippen molar-refractivity contribution in [2.45, 2.75) is 26.7 Å². The average molecular weight is 187 g/mol. The van der Waals surface area contributed by atoms with Crippen molar-refractivity contribution in [3.05, 3.63) is 40.5 Å². The first-order valence-electron chi connectivity index (χ1n) is 5.15. The molecule has 0 saturated heterocycles. The van der Waals surface area contributed by atoms with Crippen LogP contribution in [0, 0.1) is 6.92 Å². The average Bonchev–Trinajstić information content (AvgIpc) is 2.39. The molecule has 1 nitrogen and oxygen atoms in total. The van der Waals surface area contributed by atoms with E-state index in [1.165, 1.54) is 27.8 Å². The second-order valence-electron chi connectivity index (χ2n) is 4.18. The van der Waals surface area contributed by atoms with Crippen molar-refractivity contribution >= 4 is 5.57 Å². The molecule has 1 aromatic rings. The van der Waals surface area contributed by atoms with E-state index in [-0.39, 0.29) is 0 Å². The highest BCUT2D eigenvalue weighted by Gasteiger charge is 2.23. The van der Waals surface area contributed by atoms with Crippen molar-refractivity contribution in [3.8, 4) is 0 Å². The van der Waals surface area contributed by atoms with Crippen LogP contribution in [0.15, 0.2) is 23.8 Å². The number of hydrogen-bond acceptors (Lipinski definition) is 1. The zero-order chi connectivity index (χ0) is 10.3. The number of benzene rings is 1. The third-order valence-electron chi connectivity index (χ3n) is 3.33. The summed E-state index contributed by atoms with van der Waals surface area (Å²) in [6, 6.07) is 6.67. The van der Waals surface area contributed by atoms with Crippen LogP contribution >= 0.6 is 0 Å². The lowest BCUT2D eigenvalue weighted by atomic mass is 9.98. The van der Waals surface area contributed by atoms with E-state index in [2.05, 4.69) is 39.0 Å². The molecule has 2 rings (SSSR count). The monoisotopic (exact) mass is 187 g/mol. The Bertz CT molecular complexity index is 402. The topological polar surface area (TPSA) is 26.0 Å². The van der Waals surface area contributed by atoms with Crippen LogP contribution < -0.4 is 5.73 Å². The van der Waals surface area contributed by atoms with Crippen molar-refractivity contribution < 1.29 is 0 Å². The van der Waals surface area contributed by atoms with Gasteiger partial charge in [-0.3, -0.25) is 0 Å². The van der Waals surface area contributed by atoms with Crippen LogP contribution in [0.25, 0.3) is 5.57 Å². The molecule has 1 aliphatic carbocycles. The van der Waals surface area contributed by atoms with Crippen molar-refractivity contribution in [1.29, 1.82) is 0 Å². The van der Waals surface area contributed by atoms with Gasteiger partial charge in [0.15, 0.2) is 0 Å². The van der Waals surface area contributed by atoms with Gasteiger partial charge in [0.05, 0.1) is 0 Å². The number of rotatable bonds is 1. The second-order valence-corrected chi connectivity index (χ2v) is 4.18. The number of fused-ring (bicyclic) bond motifs is 1. The fourth-order valence-electron chi connectivity index (χ4n) is 2.29. The molecule has 0 radical (unpaired) electrons. The fraction of sp³-hybridized carbons (Fsp3) is 0.385. The molecule has 1 aromatic carbocycles. The minimum absolute atomic E-state index is 0.546. The summed E-state index contributed by atoms with van der Waals surface area (Å²) < 4.78 is 0. The van der Waals surface area contributed by atoms with Gasteiger partial charge in [-0.15, -0.1) is 0 Å². The highest BCUT2D eigenvalue weighted by molar-refractivity contribution is 5.79. The first-order chi connectivity index (χ1) is 6.65. The summed E-state index contributed by atoms with van der Waals surface area (Å²) >= 11 is 0. The number of aryl methyl sites for hydroxylation is 1. The minimum atomic E-state index is 0.546. The summed E-state index contributed by atoms with van der Waals surface area (Å²) in [6.07, 6.45) is 0. The maximum atomic E-state index is 5.79. The SMILES string of the molecule is CC1=C(CN)c2cc(C)ccc2C1C. The largest absolute Gasteiger partial charge is 0.326 e. The van der Waals surface area contributed by atoms with E-state index in [9.17, 15) is 0 Å². The molecule has 0 amide bonds. The summed E-state index contributed by atoms with van der Waals surface area (Å²) in [4.78, 5) is 0. The lowest BCUT2D eigenvalue weighted by Crippen LogP contribution is -2.02. The zero-order valence-electron chi connectivity index (χ0n) is 9.09. The van der Waals surface area contributed by atoms with E-state index in [0.717, 1.165) is 0 Å². The molecule has 2 N–H and O–H groups in total. The first-order valence-corrected chi connectivity index (χ1v) is 5.15. The molecule has 0 saturated carbocycles. The standard InChI is InChI=1S/C13H17N/c1-8-4-5-11-9(2)10(3)13(7-14)12(11)6-8/h4-6,9H,7,14H2,1-3H3. The zero-order valence-corrected chi connectivity index (χ0v) is 9.09. The van der Waals surface area contributed by atoms with Crippen LogP contribution in [0.1, 0.15) is 36.5 Å². The highest BCUT2D eigenvalue weighted by Crippen LogP contribution is 2.40. The van der Waals surface area contributed by atoms with Crippen molar-refractivity contribution in [3.63, 3.8) is 0 Å². The highest BCUT2D eigenvalue weighted by atomic mass is 14.5. The van der Waals surface area contributed by atoms with Gasteiger partial charge in [-0.2, -0.15) is 0 Å². The summed E-state index contributed by atoms with van der Waals surface area (Å²) in [5.41, 5.74) is 12.7. The summed E-state index contributed by atoms with van der Waals surface area (Å²) in [5.74, 6) is 0.546. The van der Waals surface area contributed by atoms with Gasteiger partial charge in [0.25, 0.3) is 0 Å². The van der Waals surface area contributed by atoms with E-state index < -0.39 is 0 Å². The molecule has 1 heteroatoms. The van der Waals surface area contributed by atoms with Gasteiger partial charge in [-0.1, -0.05) is 36.3 Å². The number of nitrogens with two attached hydrogens (primary N) is 1. The Labute approximate surface area is 85.6 Å². The summed E-state index contributed by atoms with van der Waals surface area (Å²) in [7, 11) is 0. The lowest BCUT2D eigenvalue weighted by Gasteiger charge is -2.07. The van der Waals surface area contributed by atoms with E-state index in [0.29, 0.717) is 12.5 Å². The van der Waals surface area contributed by atoms with Crippen LogP contribution in [-0.4, -0.2) is 6.54 Å². The summed E-state index contributed by atoms with van der Waals surface area (Å²) in [6.45, 7) is 7.24. The van der Waals surface area contributed by atoms with Crippen molar-refractivity contribution in [1.82, 2.24) is 0 Å². The quantitative estimate of drug-likeness (QED) is 0.718. The Morgan fingerprint density at radius 3 is 2.64 bits per heavy atom. The van der Waals surface area contributed by atoms with Gasteiger partial charge in [-0.05, 0) is 30.5 Å². The van der Waals surface area contributed by atoms with Crippen LogP contribution in [0.4, 0.5) is 0 Å². The number of hydrogen-bond donors (Lipinski definition) is 1. The molecule has 1 aliphatic rings. The molecule has 74 valence electrons. The van der Waals surface area contributed by atoms with Gasteiger partial charge in [-0.25, -0.2) is 0 Å². The molecular weight excluding hydrogens is 170 g/mol. The molecule has 1 atom stereocenters. The van der Waals surface area contributed by atoms with Crippen LogP contribution in [0.3, 0.4) is 0 Å². The molecule has 0 heterocycles. The van der Waals surface area contributed by atoms with Crippen molar-refractivity contribution in [2.75, 3.05) is 6.54 Å². The van der Waals surface area contributed by atoms with E-state index in [1.807, 2.05) is 0 Å². The Morgan fingerprint density at radius 2 is 2.00 bits per heavy atom. The molecule has 0 aromatic heterocycles. The maximum Gasteiger partial charge on any atom is 0.0183 e. The van der Waals surface area contributed by atoms with E-state index in [4.69, 9.17) is 5.73 Å². The Hall–Kier alpha value is -1.08. The molecule has 0 spiro atoms. The van der Waals surface area contributed by atoms with Crippen LogP contribution in [0.2, 0.25) is 0 Å². The molecule has 0 bridgehead atoms. The Morgan fingerprint density at radius 1 is 1.29 bits per heavy atom. The van der Waals surface area contributed by atoms with Gasteiger partial charge in [0.2, 0.25) is 0 Å². The van der Waals surface area contributed by atoms with Gasteiger partial charge in [0, 0.05) is 12.5 Å². The predicted octanol–water partition coefficient (Wildman–Crippen LogP) is 2.84. The fourth-order valence-corrected chi connectivity index (χ4v) is 2.29. The first kappa shape index (κ1) is 9.47. The predicted molar refractivity (Wildman–Crippen MR) is 61.2 cm³/mol. The Kier molecular flexibility index (Phi) is 2.20. The second kappa shape index (κ2) is 3.25. The third-order valence-corrected chi connectivity index (χ3v) is 3.33. The molecule has 0 fully saturated rings. The summed E-state index contributed by atoms with van der Waals surface area (Å²) in [5, 5.41) is 0. The number of allylic oxidation sites excluding steroid dienone is 1. The van der Waals surface area contributed by atoms with Gasteiger partial charge >= 0.3 is 0 Å². The third kappa shape index (κ3) is 1.20. The smallest absolute Gasteiger partial charge is 0.0183 e. The Balaban J connectivity index is 2.62. The van der Waals surface area contributed by atoms with E-state index in [1.54, 1.807) is 0 Å². The van der Waals surface area contributed by atoms with Crippen LogP contribution in [0.5, 0.6) is 0 Å². The normalized spacial score (nSPS) is 20.1. The molecule has 14 heavy (non-hydrogen) atoms. The molecule has 1 unspecified atom stereocenters. The lowest BCUT2D eigenvalue weighted by molar-refractivity contribution is 0.918. The maximum absolute atomic E-state index is 5.79. The van der Waals surface area contributed by atoms with Gasteiger partial charge < -0.3 is 5.73 Å². The minimum Gasteiger partial charge on any atom is -0.326 e. The molecular formula is C13H17N. The van der Waals surface area contributed by atoms with Gasteiger partial charge in [0.1, 0.15) is 0 Å². The molecule has 0 aliphatic heterocycles. The van der Waals surface area contributed by atoms with E-state index >= 15 is 0 Å². The van der Waals surface area contributed by atoms with Crippen LogP contribution in [-0.2, 0) is 0 Å². The van der Waals surface area contributed by atoms with Crippen molar-refractivity contribution in [2.24, 2.45) is 5.73 Å².